The van der Waals surface area contributed by atoms with Gasteiger partial charge in [0.25, 0.3) is 0 Å². The number of hydrogen-bond acceptors (Lipinski definition) is 6. The van der Waals surface area contributed by atoms with Gasteiger partial charge in [-0.05, 0) is 42.4 Å². The Morgan fingerprint density at radius 2 is 1.97 bits per heavy atom. The number of fused-ring (bicyclic) bond motifs is 3. The van der Waals surface area contributed by atoms with Gasteiger partial charge in [-0.2, -0.15) is 0 Å². The lowest BCUT2D eigenvalue weighted by Crippen LogP contribution is -2.29. The molecule has 4 rings (SSSR count). The molecule has 2 aliphatic rings. The average Bonchev–Trinajstić information content (AvgIpc) is 3.50. The highest BCUT2D eigenvalue weighted by Gasteiger charge is 2.47. The van der Waals surface area contributed by atoms with Crippen LogP contribution >= 0.6 is 0 Å². The zero-order chi connectivity index (χ0) is 21.5. The summed E-state index contributed by atoms with van der Waals surface area (Å²) in [4.78, 5) is 35.2. The first-order chi connectivity index (χ1) is 14.4. The molecule has 1 aromatic heterocycles. The van der Waals surface area contributed by atoms with Crippen LogP contribution in [0.25, 0.3) is 11.3 Å². The Bertz CT molecular complexity index is 1070. The normalized spacial score (nSPS) is 18.2. The van der Waals surface area contributed by atoms with Crippen LogP contribution in [0.15, 0.2) is 34.4 Å². The number of amides is 1. The predicted molar refractivity (Wildman–Crippen MR) is 110 cm³/mol. The van der Waals surface area contributed by atoms with Crippen molar-refractivity contribution < 1.29 is 19.0 Å². The quantitative estimate of drug-likeness (QED) is 0.511. The number of pyridine rings is 1. The lowest BCUT2D eigenvalue weighted by Gasteiger charge is -2.35. The maximum Gasteiger partial charge on any atom is 0.322 e. The van der Waals surface area contributed by atoms with Crippen molar-refractivity contribution in [3.05, 3.63) is 50.7 Å². The molecule has 2 heterocycles. The fraction of sp³-hybridized carbons (Fsp3) is 0.455. The molecule has 1 aliphatic heterocycles. The van der Waals surface area contributed by atoms with Crippen LogP contribution in [-0.2, 0) is 11.2 Å². The molecule has 8 nitrogen and oxygen atoms in total. The molecule has 0 radical (unpaired) electrons. The fourth-order valence-corrected chi connectivity index (χ4v) is 4.17. The molecule has 1 aromatic carbocycles. The van der Waals surface area contributed by atoms with Crippen LogP contribution in [0.1, 0.15) is 41.7 Å². The van der Waals surface area contributed by atoms with E-state index < -0.39 is 11.3 Å². The van der Waals surface area contributed by atoms with E-state index in [0.717, 1.165) is 24.0 Å². The molecule has 0 saturated heterocycles. The molecule has 0 N–H and O–H groups in total. The molecular weight excluding hydrogens is 388 g/mol. The summed E-state index contributed by atoms with van der Waals surface area (Å²) in [5, 5.41) is 2.44. The molecule has 0 spiro atoms. The van der Waals surface area contributed by atoms with Crippen molar-refractivity contribution in [2.45, 2.75) is 32.2 Å². The maximum atomic E-state index is 12.6. The summed E-state index contributed by atoms with van der Waals surface area (Å²) in [7, 11) is 3.18. The third-order valence-electron chi connectivity index (χ3n) is 6.20. The summed E-state index contributed by atoms with van der Waals surface area (Å²) in [5.41, 5.74) is 1.95. The van der Waals surface area contributed by atoms with Crippen LogP contribution in [0.2, 0.25) is 0 Å². The Morgan fingerprint density at radius 1 is 1.20 bits per heavy atom. The molecule has 8 heteroatoms. The summed E-state index contributed by atoms with van der Waals surface area (Å²) in [5.74, 6) is 0.135. The summed E-state index contributed by atoms with van der Waals surface area (Å²) < 4.78 is 18.4. The molecule has 30 heavy (non-hydrogen) atoms. The van der Waals surface area contributed by atoms with Gasteiger partial charge in [0.1, 0.15) is 12.2 Å². The van der Waals surface area contributed by atoms with Gasteiger partial charge in [-0.1, -0.05) is 6.92 Å². The molecule has 1 aliphatic carbocycles. The predicted octanol–water partition coefficient (Wildman–Crippen LogP) is 3.35. The van der Waals surface area contributed by atoms with Gasteiger partial charge in [0, 0.05) is 36.2 Å². The standard InChI is InChI=1S/C22H24N2O6/c1-22(4-5-22)20-9-13-8-19(30-7-6-28-2)18(29-3)10-14(13)16-11-17(25)15(12-24(16)20)21(26)23-27/h8,10-12,20H,4-7,9H2,1-3H3/t20-/m1/s1. The van der Waals surface area contributed by atoms with Crippen LogP contribution in [0, 0.1) is 10.3 Å². The van der Waals surface area contributed by atoms with E-state index >= 15 is 0 Å². The van der Waals surface area contributed by atoms with E-state index in [1.807, 2.05) is 16.7 Å². The molecule has 2 aromatic rings. The fourth-order valence-electron chi connectivity index (χ4n) is 4.17. The number of aromatic nitrogens is 1. The maximum absolute atomic E-state index is 12.6. The van der Waals surface area contributed by atoms with Crippen molar-refractivity contribution in [1.82, 2.24) is 4.57 Å². The highest BCUT2D eigenvalue weighted by Crippen LogP contribution is 2.57. The first kappa shape index (κ1) is 20.3. The summed E-state index contributed by atoms with van der Waals surface area (Å²) in [6.07, 6.45) is 4.32. The van der Waals surface area contributed by atoms with Crippen molar-refractivity contribution in [3.8, 4) is 22.8 Å². The zero-order valence-corrected chi connectivity index (χ0v) is 17.3. The molecule has 1 atom stereocenters. The van der Waals surface area contributed by atoms with E-state index in [4.69, 9.17) is 14.2 Å². The molecule has 1 fully saturated rings. The molecule has 0 unspecified atom stereocenters. The van der Waals surface area contributed by atoms with E-state index in [1.165, 1.54) is 12.3 Å². The van der Waals surface area contributed by atoms with Gasteiger partial charge in [0.2, 0.25) is 0 Å². The molecular formula is C22H24N2O6. The number of carbonyl (C=O) groups is 1. The monoisotopic (exact) mass is 412 g/mol. The highest BCUT2D eigenvalue weighted by atomic mass is 16.5. The number of carbonyl (C=O) groups excluding carboxylic acids is 1. The van der Waals surface area contributed by atoms with Crippen molar-refractivity contribution in [2.75, 3.05) is 27.4 Å². The highest BCUT2D eigenvalue weighted by molar-refractivity contribution is 5.94. The van der Waals surface area contributed by atoms with Crippen LogP contribution in [0.4, 0.5) is 0 Å². The lowest BCUT2D eigenvalue weighted by molar-refractivity contribution is 0.0998. The molecule has 1 saturated carbocycles. The van der Waals surface area contributed by atoms with Gasteiger partial charge >= 0.3 is 5.91 Å². The van der Waals surface area contributed by atoms with Crippen molar-refractivity contribution >= 4 is 5.91 Å². The lowest BCUT2D eigenvalue weighted by atomic mass is 9.84. The average molecular weight is 412 g/mol. The second-order valence-electron chi connectivity index (χ2n) is 8.12. The SMILES string of the molecule is COCCOc1cc2c(cc1OC)-c1cc(=O)c(C(=O)N=O)cn1[C@@H](C1(C)CC1)C2. The van der Waals surface area contributed by atoms with Gasteiger partial charge in [0.15, 0.2) is 16.9 Å². The van der Waals surface area contributed by atoms with E-state index in [1.54, 1.807) is 14.2 Å². The third kappa shape index (κ3) is 3.41. The van der Waals surface area contributed by atoms with E-state index in [-0.39, 0.29) is 17.0 Å². The number of ether oxygens (including phenoxy) is 3. The minimum absolute atomic E-state index is 0.0547. The first-order valence-electron chi connectivity index (χ1n) is 9.88. The second-order valence-corrected chi connectivity index (χ2v) is 8.12. The van der Waals surface area contributed by atoms with Crippen LogP contribution in [-0.4, -0.2) is 37.9 Å². The second kappa shape index (κ2) is 7.68. The minimum Gasteiger partial charge on any atom is -0.493 e. The van der Waals surface area contributed by atoms with Crippen molar-refractivity contribution in [1.29, 1.82) is 0 Å². The summed E-state index contributed by atoms with van der Waals surface area (Å²) >= 11 is 0. The number of benzene rings is 1. The zero-order valence-electron chi connectivity index (χ0n) is 17.3. The molecule has 1 amide bonds. The Morgan fingerprint density at radius 3 is 2.60 bits per heavy atom. The van der Waals surface area contributed by atoms with Crippen molar-refractivity contribution in [2.24, 2.45) is 10.6 Å². The minimum atomic E-state index is -1.04. The van der Waals surface area contributed by atoms with Gasteiger partial charge < -0.3 is 18.8 Å². The summed E-state index contributed by atoms with van der Waals surface area (Å²) in [6.45, 7) is 3.05. The molecule has 158 valence electrons. The van der Waals surface area contributed by atoms with Crippen LogP contribution < -0.4 is 14.9 Å². The number of hydrogen-bond donors (Lipinski definition) is 0. The Hall–Kier alpha value is -3.00. The van der Waals surface area contributed by atoms with Gasteiger partial charge in [-0.25, -0.2) is 0 Å². The van der Waals surface area contributed by atoms with E-state index in [2.05, 4.69) is 12.1 Å². The van der Waals surface area contributed by atoms with Gasteiger partial charge in [-0.15, -0.1) is 4.91 Å². The smallest absolute Gasteiger partial charge is 0.322 e. The number of rotatable bonds is 7. The van der Waals surface area contributed by atoms with E-state index in [9.17, 15) is 14.5 Å². The van der Waals surface area contributed by atoms with Gasteiger partial charge in [0.05, 0.1) is 19.4 Å². The summed E-state index contributed by atoms with van der Waals surface area (Å²) in [6, 6.07) is 5.29. The number of methoxy groups -OCH3 is 2. The Labute approximate surface area is 173 Å². The van der Waals surface area contributed by atoms with Crippen molar-refractivity contribution in [3.63, 3.8) is 0 Å². The van der Waals surface area contributed by atoms with Gasteiger partial charge in [-0.3, -0.25) is 9.59 Å². The molecule has 0 bridgehead atoms. The first-order valence-corrected chi connectivity index (χ1v) is 9.88. The Balaban J connectivity index is 1.87. The van der Waals surface area contributed by atoms with Crippen LogP contribution in [0.3, 0.4) is 0 Å². The largest absolute Gasteiger partial charge is 0.493 e. The van der Waals surface area contributed by atoms with Crippen LogP contribution in [0.5, 0.6) is 11.5 Å². The topological polar surface area (TPSA) is 96.2 Å². The third-order valence-corrected chi connectivity index (χ3v) is 6.20. The Kier molecular flexibility index (Phi) is 5.19. The number of nitroso groups, excluding NO2 is 1. The number of nitrogens with zero attached hydrogens (tertiary/aromatic N) is 2. The van der Waals surface area contributed by atoms with E-state index in [0.29, 0.717) is 36.8 Å².